The van der Waals surface area contributed by atoms with Gasteiger partial charge in [-0.05, 0) is 45.0 Å². The first-order chi connectivity index (χ1) is 13.6. The lowest BCUT2D eigenvalue weighted by Gasteiger charge is -2.41. The van der Waals surface area contributed by atoms with E-state index in [-0.39, 0.29) is 12.1 Å². The van der Waals surface area contributed by atoms with Crippen molar-refractivity contribution in [2.75, 3.05) is 26.2 Å². The van der Waals surface area contributed by atoms with Crippen LogP contribution in [0.3, 0.4) is 0 Å². The normalized spacial score (nSPS) is 18.4. The fourth-order valence-corrected chi connectivity index (χ4v) is 3.78. The predicted octanol–water partition coefficient (Wildman–Crippen LogP) is 3.91. The number of piperazine rings is 1. The molecule has 2 aliphatic heterocycles. The molecule has 6 heteroatoms. The Balaban J connectivity index is 1.69. The molecule has 0 aliphatic carbocycles. The van der Waals surface area contributed by atoms with Crippen LogP contribution in [0.2, 0.25) is 0 Å². The summed E-state index contributed by atoms with van der Waals surface area (Å²) < 4.78 is 6.18. The fraction of sp³-hybridized carbons (Fsp3) is 0.364. The molecule has 1 atom stereocenters. The van der Waals surface area contributed by atoms with E-state index in [0.717, 1.165) is 47.2 Å². The molecule has 0 radical (unpaired) electrons. The second kappa shape index (κ2) is 7.54. The number of benzene rings is 2. The van der Waals surface area contributed by atoms with Crippen molar-refractivity contribution in [3.63, 3.8) is 0 Å². The van der Waals surface area contributed by atoms with Crippen molar-refractivity contribution in [2.24, 2.45) is 4.99 Å². The van der Waals surface area contributed by atoms with Crippen LogP contribution in [0.25, 0.3) is 0 Å². The van der Waals surface area contributed by atoms with Crippen LogP contribution in [0, 0.1) is 6.92 Å². The number of carbonyl (C=O) groups excluding carboxylic acids is 1. The first-order valence-corrected chi connectivity index (χ1v) is 9.83. The largest absolute Gasteiger partial charge is 0.454 e. The van der Waals surface area contributed by atoms with Crippen molar-refractivity contribution in [3.05, 3.63) is 53.6 Å². The maximum Gasteiger partial charge on any atom is 0.317 e. The van der Waals surface area contributed by atoms with E-state index in [0.29, 0.717) is 13.1 Å². The number of fused-ring (bicyclic) bond motifs is 2. The number of para-hydroxylation sites is 2. The van der Waals surface area contributed by atoms with E-state index in [4.69, 9.17) is 9.73 Å². The minimum absolute atomic E-state index is 0.00220. The molecule has 0 aromatic heterocycles. The Morgan fingerprint density at radius 2 is 2.04 bits per heavy atom. The van der Waals surface area contributed by atoms with E-state index in [1.807, 2.05) is 42.2 Å². The summed E-state index contributed by atoms with van der Waals surface area (Å²) in [6, 6.07) is 14.1. The lowest BCUT2D eigenvalue weighted by atomic mass is 10.1. The van der Waals surface area contributed by atoms with Gasteiger partial charge in [0.05, 0.1) is 5.56 Å². The molecule has 0 bridgehead atoms. The molecular weight excluding hydrogens is 352 g/mol. The summed E-state index contributed by atoms with van der Waals surface area (Å²) in [4.78, 5) is 21.5. The van der Waals surface area contributed by atoms with Crippen LogP contribution >= 0.6 is 0 Å². The fourth-order valence-electron chi connectivity index (χ4n) is 3.78. The zero-order chi connectivity index (χ0) is 19.7. The van der Waals surface area contributed by atoms with Gasteiger partial charge in [-0.25, -0.2) is 9.79 Å². The molecule has 1 N–H and O–H groups in total. The monoisotopic (exact) mass is 378 g/mol. The first kappa shape index (κ1) is 18.3. The molecule has 28 heavy (non-hydrogen) atoms. The van der Waals surface area contributed by atoms with Gasteiger partial charge in [-0.1, -0.05) is 23.8 Å². The number of carbonyl (C=O) groups is 1. The highest BCUT2D eigenvalue weighted by molar-refractivity contribution is 6.04. The lowest BCUT2D eigenvalue weighted by molar-refractivity contribution is 0.135. The average molecular weight is 378 g/mol. The number of aryl methyl sites for hydroxylation is 1. The van der Waals surface area contributed by atoms with Crippen LogP contribution in [-0.2, 0) is 0 Å². The van der Waals surface area contributed by atoms with Crippen LogP contribution in [0.1, 0.15) is 25.0 Å². The summed E-state index contributed by atoms with van der Waals surface area (Å²) >= 11 is 0. The first-order valence-electron chi connectivity index (χ1n) is 9.83. The SMILES string of the molecule is CCNC(=O)N1CCN(C2=Nc3ccccc3Oc3ccc(C)cc32)CC1C. The van der Waals surface area contributed by atoms with Gasteiger partial charge in [0.15, 0.2) is 5.75 Å². The number of aliphatic imine (C=N–C) groups is 1. The van der Waals surface area contributed by atoms with E-state index >= 15 is 0 Å². The third kappa shape index (κ3) is 3.42. The zero-order valence-corrected chi connectivity index (χ0v) is 16.6. The Labute approximate surface area is 165 Å². The number of amidine groups is 1. The molecular formula is C22H26N4O2. The molecule has 1 fully saturated rings. The van der Waals surface area contributed by atoms with Crippen molar-refractivity contribution in [1.82, 2.24) is 15.1 Å². The predicted molar refractivity (Wildman–Crippen MR) is 111 cm³/mol. The molecule has 6 nitrogen and oxygen atoms in total. The Morgan fingerprint density at radius 3 is 2.82 bits per heavy atom. The quantitative estimate of drug-likeness (QED) is 0.818. The highest BCUT2D eigenvalue weighted by Gasteiger charge is 2.31. The van der Waals surface area contributed by atoms with E-state index in [1.165, 1.54) is 0 Å². The average Bonchev–Trinajstić information content (AvgIpc) is 2.84. The van der Waals surface area contributed by atoms with Gasteiger partial charge in [0, 0.05) is 32.2 Å². The molecule has 2 heterocycles. The van der Waals surface area contributed by atoms with E-state index in [2.05, 4.69) is 36.2 Å². The Morgan fingerprint density at radius 1 is 1.21 bits per heavy atom. The van der Waals surface area contributed by atoms with Crippen molar-refractivity contribution in [3.8, 4) is 11.5 Å². The summed E-state index contributed by atoms with van der Waals surface area (Å²) in [6.07, 6.45) is 0. The third-order valence-corrected chi connectivity index (χ3v) is 5.20. The standard InChI is InChI=1S/C22H26N4O2/c1-4-23-22(27)26-12-11-25(14-16(26)3)21-17-13-15(2)9-10-19(17)28-20-8-6-5-7-18(20)24-21/h5-10,13,16H,4,11-12,14H2,1-3H3,(H,23,27). The van der Waals surface area contributed by atoms with Gasteiger partial charge in [0.2, 0.25) is 0 Å². The molecule has 2 aliphatic rings. The van der Waals surface area contributed by atoms with Crippen LogP contribution < -0.4 is 10.1 Å². The molecule has 0 saturated carbocycles. The number of nitrogens with one attached hydrogen (secondary N) is 1. The minimum atomic E-state index is 0.00220. The second-order valence-electron chi connectivity index (χ2n) is 7.33. The summed E-state index contributed by atoms with van der Waals surface area (Å²) in [5, 5.41) is 2.90. The second-order valence-corrected chi connectivity index (χ2v) is 7.33. The summed E-state index contributed by atoms with van der Waals surface area (Å²) in [7, 11) is 0. The highest BCUT2D eigenvalue weighted by atomic mass is 16.5. The molecule has 2 aromatic rings. The van der Waals surface area contributed by atoms with Crippen molar-refractivity contribution in [1.29, 1.82) is 0 Å². The van der Waals surface area contributed by atoms with E-state index < -0.39 is 0 Å². The number of ether oxygens (including phenoxy) is 1. The number of amides is 2. The van der Waals surface area contributed by atoms with Crippen molar-refractivity contribution >= 4 is 17.6 Å². The van der Waals surface area contributed by atoms with Gasteiger partial charge in [-0.2, -0.15) is 0 Å². The Kier molecular flexibility index (Phi) is 4.94. The zero-order valence-electron chi connectivity index (χ0n) is 16.6. The van der Waals surface area contributed by atoms with Crippen molar-refractivity contribution in [2.45, 2.75) is 26.8 Å². The summed E-state index contributed by atoms with van der Waals surface area (Å²) in [6.45, 7) is 8.86. The van der Waals surface area contributed by atoms with Gasteiger partial charge in [0.1, 0.15) is 17.3 Å². The summed E-state index contributed by atoms with van der Waals surface area (Å²) in [5.41, 5.74) is 2.98. The molecule has 2 amide bonds. The maximum absolute atomic E-state index is 12.3. The number of urea groups is 1. The smallest absolute Gasteiger partial charge is 0.317 e. The third-order valence-electron chi connectivity index (χ3n) is 5.20. The minimum Gasteiger partial charge on any atom is -0.454 e. The lowest BCUT2D eigenvalue weighted by Crippen LogP contribution is -2.57. The highest BCUT2D eigenvalue weighted by Crippen LogP contribution is 2.38. The van der Waals surface area contributed by atoms with Gasteiger partial charge >= 0.3 is 6.03 Å². The van der Waals surface area contributed by atoms with Gasteiger partial charge in [-0.15, -0.1) is 0 Å². The van der Waals surface area contributed by atoms with Crippen LogP contribution in [0.15, 0.2) is 47.5 Å². The molecule has 4 rings (SSSR count). The number of hydrogen-bond donors (Lipinski definition) is 1. The topological polar surface area (TPSA) is 57.2 Å². The van der Waals surface area contributed by atoms with Crippen LogP contribution in [-0.4, -0.2) is 53.9 Å². The number of rotatable bonds is 1. The van der Waals surface area contributed by atoms with Crippen molar-refractivity contribution < 1.29 is 9.53 Å². The Hall–Kier alpha value is -3.02. The van der Waals surface area contributed by atoms with E-state index in [1.54, 1.807) is 0 Å². The number of nitrogens with zero attached hydrogens (tertiary/aromatic N) is 3. The molecule has 1 saturated heterocycles. The van der Waals surface area contributed by atoms with Crippen LogP contribution in [0.5, 0.6) is 11.5 Å². The van der Waals surface area contributed by atoms with E-state index in [9.17, 15) is 4.79 Å². The van der Waals surface area contributed by atoms with Gasteiger partial charge in [0.25, 0.3) is 0 Å². The van der Waals surface area contributed by atoms with Gasteiger partial charge in [-0.3, -0.25) is 0 Å². The molecule has 2 aromatic carbocycles. The number of hydrogen-bond acceptors (Lipinski definition) is 4. The van der Waals surface area contributed by atoms with Gasteiger partial charge < -0.3 is 19.9 Å². The molecule has 1 unspecified atom stereocenters. The Bertz CT molecular complexity index is 925. The molecule has 0 spiro atoms. The summed E-state index contributed by atoms with van der Waals surface area (Å²) in [5.74, 6) is 2.48. The maximum atomic E-state index is 12.3. The van der Waals surface area contributed by atoms with Crippen LogP contribution in [0.4, 0.5) is 10.5 Å². The molecule has 146 valence electrons.